The Morgan fingerprint density at radius 1 is 1.21 bits per heavy atom. The molecule has 2 saturated heterocycles. The number of nitrogens with zero attached hydrogens (tertiary/aromatic N) is 1. The lowest BCUT2D eigenvalue weighted by molar-refractivity contribution is -0.0141. The van der Waals surface area contributed by atoms with Crippen molar-refractivity contribution in [1.29, 1.82) is 0 Å². The predicted molar refractivity (Wildman–Crippen MR) is 109 cm³/mol. The van der Waals surface area contributed by atoms with Gasteiger partial charge >= 0.3 is 13.2 Å². The Kier molecular flexibility index (Phi) is 5.45. The molecule has 0 spiro atoms. The number of hydrogen-bond donors (Lipinski definition) is 0. The third-order valence-corrected chi connectivity index (χ3v) is 5.60. The number of benzene rings is 1. The lowest BCUT2D eigenvalue weighted by Crippen LogP contribution is -2.55. The van der Waals surface area contributed by atoms with E-state index in [0.29, 0.717) is 13.2 Å². The smallest absolute Gasteiger partial charge is 0.491 e. The van der Waals surface area contributed by atoms with Gasteiger partial charge in [0, 0.05) is 6.54 Å². The minimum Gasteiger partial charge on any atom is -0.491 e. The first kappa shape index (κ1) is 21.0. The van der Waals surface area contributed by atoms with Gasteiger partial charge in [-0.1, -0.05) is 12.1 Å². The summed E-state index contributed by atoms with van der Waals surface area (Å²) in [5, 5.41) is 0. The Balaban J connectivity index is 1.58. The summed E-state index contributed by atoms with van der Waals surface area (Å²) < 4.78 is 23.6. The van der Waals surface area contributed by atoms with Crippen LogP contribution in [-0.4, -0.2) is 54.1 Å². The molecule has 2 fully saturated rings. The molecule has 6 nitrogen and oxygen atoms in total. The normalized spacial score (nSPS) is 23.3. The van der Waals surface area contributed by atoms with E-state index in [9.17, 15) is 4.79 Å². The second-order valence-corrected chi connectivity index (χ2v) is 9.59. The van der Waals surface area contributed by atoms with E-state index in [2.05, 4.69) is 0 Å². The van der Waals surface area contributed by atoms with Crippen LogP contribution in [0.1, 0.15) is 54.9 Å². The summed E-state index contributed by atoms with van der Waals surface area (Å²) in [6.45, 7) is 14.9. The maximum atomic E-state index is 12.2. The average molecular weight is 389 g/mol. The summed E-state index contributed by atoms with van der Waals surface area (Å²) in [6, 6.07) is 7.80. The van der Waals surface area contributed by atoms with E-state index in [4.69, 9.17) is 18.8 Å². The Labute approximate surface area is 168 Å². The lowest BCUT2D eigenvalue weighted by Gasteiger charge is -2.41. The number of hydrogen-bond acceptors (Lipinski definition) is 5. The number of likely N-dealkylation sites (tertiary alicyclic amines) is 1. The fourth-order valence-electron chi connectivity index (χ4n) is 3.10. The van der Waals surface area contributed by atoms with Gasteiger partial charge in [0.15, 0.2) is 0 Å². The molecule has 0 bridgehead atoms. The first-order chi connectivity index (χ1) is 12.9. The monoisotopic (exact) mass is 389 g/mol. The number of ether oxygens (including phenoxy) is 2. The summed E-state index contributed by atoms with van der Waals surface area (Å²) in [4.78, 5) is 14.0. The van der Waals surface area contributed by atoms with Crippen LogP contribution in [0.4, 0.5) is 4.79 Å². The van der Waals surface area contributed by atoms with Gasteiger partial charge in [-0.2, -0.15) is 0 Å². The molecule has 2 aliphatic rings. The second-order valence-electron chi connectivity index (χ2n) is 9.59. The summed E-state index contributed by atoms with van der Waals surface area (Å²) >= 11 is 0. The molecule has 1 amide bonds. The van der Waals surface area contributed by atoms with Crippen LogP contribution in [0, 0.1) is 0 Å². The van der Waals surface area contributed by atoms with Crippen LogP contribution in [0.15, 0.2) is 24.3 Å². The predicted octanol–water partition coefficient (Wildman–Crippen LogP) is 3.37. The molecule has 3 rings (SSSR count). The van der Waals surface area contributed by atoms with E-state index in [1.54, 1.807) is 4.90 Å². The zero-order valence-electron chi connectivity index (χ0n) is 18.1. The molecule has 1 atom stereocenters. The van der Waals surface area contributed by atoms with Crippen LogP contribution >= 0.6 is 0 Å². The highest BCUT2D eigenvalue weighted by molar-refractivity contribution is 6.62. The minimum absolute atomic E-state index is 0.0374. The van der Waals surface area contributed by atoms with Gasteiger partial charge in [-0.05, 0) is 72.5 Å². The molecule has 0 saturated carbocycles. The molecule has 28 heavy (non-hydrogen) atoms. The topological polar surface area (TPSA) is 57.2 Å². The third-order valence-electron chi connectivity index (χ3n) is 5.60. The Bertz CT molecular complexity index is 712. The van der Waals surface area contributed by atoms with Gasteiger partial charge in [0.25, 0.3) is 0 Å². The molecule has 7 heteroatoms. The van der Waals surface area contributed by atoms with E-state index in [1.807, 2.05) is 72.7 Å². The number of rotatable bonds is 4. The molecule has 2 heterocycles. The maximum Gasteiger partial charge on any atom is 0.494 e. The molecule has 0 N–H and O–H groups in total. The largest absolute Gasteiger partial charge is 0.494 e. The molecule has 1 aromatic rings. The van der Waals surface area contributed by atoms with Crippen LogP contribution in [0.5, 0.6) is 5.75 Å². The van der Waals surface area contributed by atoms with Crippen molar-refractivity contribution >= 4 is 18.7 Å². The zero-order valence-corrected chi connectivity index (χ0v) is 18.1. The highest BCUT2D eigenvalue weighted by Crippen LogP contribution is 2.36. The van der Waals surface area contributed by atoms with Gasteiger partial charge in [-0.25, -0.2) is 4.79 Å². The quantitative estimate of drug-likeness (QED) is 0.739. The van der Waals surface area contributed by atoms with Crippen molar-refractivity contribution in [3.05, 3.63) is 24.3 Å². The van der Waals surface area contributed by atoms with Crippen LogP contribution in [0.2, 0.25) is 0 Å². The summed E-state index contributed by atoms with van der Waals surface area (Å²) in [6.07, 6.45) is 0.634. The van der Waals surface area contributed by atoms with E-state index in [-0.39, 0.29) is 23.3 Å². The van der Waals surface area contributed by atoms with E-state index >= 15 is 0 Å². The molecular weight excluding hydrogens is 357 g/mol. The molecule has 0 aliphatic carbocycles. The fourth-order valence-corrected chi connectivity index (χ4v) is 3.10. The molecular formula is C21H32BNO5. The lowest BCUT2D eigenvalue weighted by atomic mass is 9.79. The fraction of sp³-hybridized carbons (Fsp3) is 0.667. The number of carbonyl (C=O) groups is 1. The van der Waals surface area contributed by atoms with Gasteiger partial charge in [-0.15, -0.1) is 0 Å². The molecule has 154 valence electrons. The molecule has 0 aromatic heterocycles. The summed E-state index contributed by atoms with van der Waals surface area (Å²) in [7, 11) is -0.421. The van der Waals surface area contributed by atoms with Crippen molar-refractivity contribution in [1.82, 2.24) is 4.90 Å². The van der Waals surface area contributed by atoms with Crippen LogP contribution in [-0.2, 0) is 14.0 Å². The van der Waals surface area contributed by atoms with Crippen LogP contribution in [0.3, 0.4) is 0 Å². The summed E-state index contributed by atoms with van der Waals surface area (Å²) in [5.41, 5.74) is -0.327. The molecule has 2 aliphatic heterocycles. The van der Waals surface area contributed by atoms with E-state index in [1.165, 1.54) is 0 Å². The Hall–Kier alpha value is -1.73. The Morgan fingerprint density at radius 2 is 1.86 bits per heavy atom. The van der Waals surface area contributed by atoms with E-state index < -0.39 is 12.7 Å². The van der Waals surface area contributed by atoms with Gasteiger partial charge in [-0.3, -0.25) is 0 Å². The molecule has 0 radical (unpaired) electrons. The third kappa shape index (κ3) is 4.46. The number of carbonyl (C=O) groups excluding carboxylic acids is 1. The minimum atomic E-state index is -0.491. The summed E-state index contributed by atoms with van der Waals surface area (Å²) in [5.74, 6) is 0.739. The standard InChI is InChI=1S/C21H32BNO5/c1-19(2,3)26-18(24)23-12-11-16(23)14-25-17-10-8-9-15(13-17)22-27-20(4,5)21(6,7)28-22/h8-10,13,16H,11-12,14H2,1-7H3/t16-/m0/s1. The van der Waals surface area contributed by atoms with Crippen LogP contribution < -0.4 is 10.2 Å². The molecule has 0 unspecified atom stereocenters. The van der Waals surface area contributed by atoms with Crippen molar-refractivity contribution in [3.8, 4) is 5.75 Å². The van der Waals surface area contributed by atoms with Crippen molar-refractivity contribution in [2.24, 2.45) is 0 Å². The van der Waals surface area contributed by atoms with Crippen LogP contribution in [0.25, 0.3) is 0 Å². The van der Waals surface area contributed by atoms with Crippen molar-refractivity contribution in [2.45, 2.75) is 77.7 Å². The number of amides is 1. The van der Waals surface area contributed by atoms with Gasteiger partial charge in [0.1, 0.15) is 18.0 Å². The van der Waals surface area contributed by atoms with E-state index in [0.717, 1.165) is 17.6 Å². The van der Waals surface area contributed by atoms with Gasteiger partial charge in [0.2, 0.25) is 0 Å². The van der Waals surface area contributed by atoms with Crippen molar-refractivity contribution < 1.29 is 23.6 Å². The second kappa shape index (κ2) is 7.27. The first-order valence-electron chi connectivity index (χ1n) is 9.96. The van der Waals surface area contributed by atoms with Gasteiger partial charge < -0.3 is 23.7 Å². The van der Waals surface area contributed by atoms with Crippen molar-refractivity contribution in [3.63, 3.8) is 0 Å². The molecule has 1 aromatic carbocycles. The highest BCUT2D eigenvalue weighted by atomic mass is 16.7. The maximum absolute atomic E-state index is 12.2. The van der Waals surface area contributed by atoms with Gasteiger partial charge in [0.05, 0.1) is 17.2 Å². The highest BCUT2D eigenvalue weighted by Gasteiger charge is 2.51. The van der Waals surface area contributed by atoms with Crippen molar-refractivity contribution in [2.75, 3.05) is 13.2 Å². The SMILES string of the molecule is CC(C)(C)OC(=O)N1CC[C@H]1COc1cccc(B2OC(C)(C)C(C)(C)O2)c1. The average Bonchev–Trinajstić information content (AvgIpc) is 2.73. The Morgan fingerprint density at radius 3 is 2.39 bits per heavy atom. The first-order valence-corrected chi connectivity index (χ1v) is 9.96. The zero-order chi connectivity index (χ0) is 20.7.